The van der Waals surface area contributed by atoms with E-state index in [1.165, 1.54) is 18.3 Å². The van der Waals surface area contributed by atoms with Gasteiger partial charge in [-0.2, -0.15) is 0 Å². The van der Waals surface area contributed by atoms with Gasteiger partial charge in [0.05, 0.1) is 11.2 Å². The molecule has 104 valence electrons. The first-order valence-electron chi connectivity index (χ1n) is 6.10. The van der Waals surface area contributed by atoms with E-state index in [9.17, 15) is 9.90 Å². The van der Waals surface area contributed by atoms with Gasteiger partial charge in [-0.3, -0.25) is 4.79 Å². The van der Waals surface area contributed by atoms with Crippen LogP contribution in [0.1, 0.15) is 36.1 Å². The van der Waals surface area contributed by atoms with E-state index in [4.69, 9.17) is 11.6 Å². The quantitative estimate of drug-likeness (QED) is 0.910. The molecule has 0 aliphatic rings. The van der Waals surface area contributed by atoms with Crippen molar-refractivity contribution >= 4 is 23.2 Å². The number of phenols is 1. The molecule has 0 aliphatic carbocycles. The molecule has 20 heavy (non-hydrogen) atoms. The van der Waals surface area contributed by atoms with E-state index in [-0.39, 0.29) is 22.4 Å². The Morgan fingerprint density at radius 3 is 2.80 bits per heavy atom. The summed E-state index contributed by atoms with van der Waals surface area (Å²) >= 11 is 5.96. The van der Waals surface area contributed by atoms with E-state index in [1.54, 1.807) is 12.1 Å². The van der Waals surface area contributed by atoms with E-state index in [2.05, 4.69) is 15.3 Å². The highest BCUT2D eigenvalue weighted by molar-refractivity contribution is 6.33. The zero-order valence-corrected chi connectivity index (χ0v) is 11.8. The van der Waals surface area contributed by atoms with Gasteiger partial charge in [-0.1, -0.05) is 31.5 Å². The van der Waals surface area contributed by atoms with Gasteiger partial charge in [0.15, 0.2) is 5.69 Å². The highest BCUT2D eigenvalue weighted by atomic mass is 35.5. The lowest BCUT2D eigenvalue weighted by Crippen LogP contribution is -2.16. The summed E-state index contributed by atoms with van der Waals surface area (Å²) in [7, 11) is 0. The van der Waals surface area contributed by atoms with Crippen LogP contribution in [0.3, 0.4) is 0 Å². The largest absolute Gasteiger partial charge is 0.508 e. The van der Waals surface area contributed by atoms with E-state index < -0.39 is 5.91 Å². The highest BCUT2D eigenvalue weighted by Crippen LogP contribution is 2.19. The molecular formula is C14H14ClN3O2. The zero-order chi connectivity index (χ0) is 14.7. The van der Waals surface area contributed by atoms with Crippen LogP contribution in [0.15, 0.2) is 30.5 Å². The molecule has 2 rings (SSSR count). The van der Waals surface area contributed by atoms with Crippen LogP contribution in [0, 0.1) is 0 Å². The Morgan fingerprint density at radius 2 is 2.15 bits per heavy atom. The van der Waals surface area contributed by atoms with Crippen LogP contribution < -0.4 is 5.32 Å². The van der Waals surface area contributed by atoms with E-state index in [0.29, 0.717) is 11.5 Å². The number of hydrogen-bond donors (Lipinski definition) is 2. The lowest BCUT2D eigenvalue weighted by Gasteiger charge is -2.09. The van der Waals surface area contributed by atoms with Crippen LogP contribution in [0.2, 0.25) is 5.02 Å². The fourth-order valence-corrected chi connectivity index (χ4v) is 1.77. The standard InChI is InChI=1S/C14H14ClN3O2/c1-8(2)13-16-7-11(15)12(18-13)14(20)17-9-4-3-5-10(19)6-9/h3-8,19H,1-2H3,(H,17,20). The molecule has 0 radical (unpaired) electrons. The summed E-state index contributed by atoms with van der Waals surface area (Å²) < 4.78 is 0. The molecule has 5 nitrogen and oxygen atoms in total. The Kier molecular flexibility index (Phi) is 4.20. The molecule has 0 fully saturated rings. The van der Waals surface area contributed by atoms with Crippen molar-refractivity contribution in [3.8, 4) is 5.75 Å². The number of phenolic OH excluding ortho intramolecular Hbond substituents is 1. The average molecular weight is 292 g/mol. The van der Waals surface area contributed by atoms with Crippen LogP contribution in [-0.2, 0) is 0 Å². The highest BCUT2D eigenvalue weighted by Gasteiger charge is 2.15. The first kappa shape index (κ1) is 14.3. The number of aromatic nitrogens is 2. The van der Waals surface area contributed by atoms with Crippen molar-refractivity contribution in [3.63, 3.8) is 0 Å². The molecule has 2 aromatic rings. The van der Waals surface area contributed by atoms with Crippen LogP contribution in [0.4, 0.5) is 5.69 Å². The van der Waals surface area contributed by atoms with Gasteiger partial charge in [0.25, 0.3) is 5.91 Å². The first-order chi connectivity index (χ1) is 9.47. The molecule has 0 atom stereocenters. The topological polar surface area (TPSA) is 75.1 Å². The summed E-state index contributed by atoms with van der Waals surface area (Å²) in [5, 5.41) is 12.2. The molecule has 0 aliphatic heterocycles. The Bertz CT molecular complexity index is 644. The maximum atomic E-state index is 12.2. The lowest BCUT2D eigenvalue weighted by atomic mass is 10.2. The summed E-state index contributed by atoms with van der Waals surface area (Å²) in [5.74, 6) is 0.277. The minimum Gasteiger partial charge on any atom is -0.508 e. The molecule has 0 spiro atoms. The second-order valence-corrected chi connectivity index (χ2v) is 4.99. The lowest BCUT2D eigenvalue weighted by molar-refractivity contribution is 0.102. The fourth-order valence-electron chi connectivity index (χ4n) is 1.59. The van der Waals surface area contributed by atoms with Crippen molar-refractivity contribution in [2.45, 2.75) is 19.8 Å². The Hall–Kier alpha value is -2.14. The Morgan fingerprint density at radius 1 is 1.40 bits per heavy atom. The normalized spacial score (nSPS) is 10.6. The molecule has 0 saturated carbocycles. The SMILES string of the molecule is CC(C)c1ncc(Cl)c(C(=O)Nc2cccc(O)c2)n1. The monoisotopic (exact) mass is 291 g/mol. The Balaban J connectivity index is 2.27. The summed E-state index contributed by atoms with van der Waals surface area (Å²) in [6.07, 6.45) is 1.42. The number of aromatic hydroxyl groups is 1. The van der Waals surface area contributed by atoms with Gasteiger partial charge in [0, 0.05) is 17.7 Å². The van der Waals surface area contributed by atoms with Gasteiger partial charge >= 0.3 is 0 Å². The summed E-state index contributed by atoms with van der Waals surface area (Å²) in [6, 6.07) is 6.25. The first-order valence-corrected chi connectivity index (χ1v) is 6.48. The zero-order valence-electron chi connectivity index (χ0n) is 11.1. The number of carbonyl (C=O) groups is 1. The van der Waals surface area contributed by atoms with E-state index in [1.807, 2.05) is 13.8 Å². The molecule has 1 heterocycles. The van der Waals surface area contributed by atoms with Crippen LogP contribution >= 0.6 is 11.6 Å². The molecular weight excluding hydrogens is 278 g/mol. The molecule has 2 N–H and O–H groups in total. The maximum Gasteiger partial charge on any atom is 0.275 e. The van der Waals surface area contributed by atoms with Crippen LogP contribution in [0.5, 0.6) is 5.75 Å². The molecule has 1 amide bonds. The number of halogens is 1. The number of carbonyl (C=O) groups excluding carboxylic acids is 1. The smallest absolute Gasteiger partial charge is 0.275 e. The van der Waals surface area contributed by atoms with Crippen molar-refractivity contribution in [3.05, 3.63) is 47.0 Å². The second kappa shape index (κ2) is 5.88. The van der Waals surface area contributed by atoms with Gasteiger partial charge in [-0.15, -0.1) is 0 Å². The average Bonchev–Trinajstić information content (AvgIpc) is 2.38. The van der Waals surface area contributed by atoms with Crippen molar-refractivity contribution in [2.75, 3.05) is 5.32 Å². The third-order valence-corrected chi connectivity index (χ3v) is 2.87. The molecule has 0 saturated heterocycles. The van der Waals surface area contributed by atoms with Crippen molar-refractivity contribution in [1.82, 2.24) is 9.97 Å². The van der Waals surface area contributed by atoms with Crippen LogP contribution in [-0.4, -0.2) is 21.0 Å². The molecule has 1 aromatic carbocycles. The molecule has 0 unspecified atom stereocenters. The molecule has 1 aromatic heterocycles. The fraction of sp³-hybridized carbons (Fsp3) is 0.214. The van der Waals surface area contributed by atoms with Gasteiger partial charge < -0.3 is 10.4 Å². The van der Waals surface area contributed by atoms with Crippen molar-refractivity contribution < 1.29 is 9.90 Å². The minimum atomic E-state index is -0.440. The molecule has 0 bridgehead atoms. The number of nitrogens with zero attached hydrogens (tertiary/aromatic N) is 2. The number of amides is 1. The van der Waals surface area contributed by atoms with E-state index in [0.717, 1.165) is 0 Å². The number of rotatable bonds is 3. The number of anilines is 1. The summed E-state index contributed by atoms with van der Waals surface area (Å²) in [5.41, 5.74) is 0.587. The predicted octanol–water partition coefficient (Wildman–Crippen LogP) is 3.21. The van der Waals surface area contributed by atoms with Gasteiger partial charge in [-0.25, -0.2) is 9.97 Å². The molecule has 6 heteroatoms. The third-order valence-electron chi connectivity index (χ3n) is 2.60. The maximum absolute atomic E-state index is 12.2. The summed E-state index contributed by atoms with van der Waals surface area (Å²) in [6.45, 7) is 3.86. The van der Waals surface area contributed by atoms with Crippen molar-refractivity contribution in [2.24, 2.45) is 0 Å². The van der Waals surface area contributed by atoms with Gasteiger partial charge in [0.2, 0.25) is 0 Å². The predicted molar refractivity (Wildman–Crippen MR) is 77.2 cm³/mol. The second-order valence-electron chi connectivity index (χ2n) is 4.58. The third kappa shape index (κ3) is 3.24. The summed E-state index contributed by atoms with van der Waals surface area (Å²) in [4.78, 5) is 20.4. The van der Waals surface area contributed by atoms with Crippen molar-refractivity contribution in [1.29, 1.82) is 0 Å². The van der Waals surface area contributed by atoms with Gasteiger partial charge in [-0.05, 0) is 12.1 Å². The minimum absolute atomic E-state index is 0.0689. The number of benzene rings is 1. The van der Waals surface area contributed by atoms with E-state index >= 15 is 0 Å². The Labute approximate surface area is 121 Å². The number of hydrogen-bond acceptors (Lipinski definition) is 4. The number of nitrogens with one attached hydrogen (secondary N) is 1. The van der Waals surface area contributed by atoms with Gasteiger partial charge in [0.1, 0.15) is 11.6 Å². The van der Waals surface area contributed by atoms with Crippen LogP contribution in [0.25, 0.3) is 0 Å².